The quantitative estimate of drug-likeness (QED) is 0.847. The minimum absolute atomic E-state index is 0.141. The normalized spacial score (nSPS) is 13.5. The van der Waals surface area contributed by atoms with Crippen molar-refractivity contribution in [3.63, 3.8) is 0 Å². The van der Waals surface area contributed by atoms with Crippen LogP contribution in [0.4, 0.5) is 13.2 Å². The number of aromatic nitrogens is 1. The average Bonchev–Trinajstić information content (AvgIpc) is 2.70. The Morgan fingerprint density at radius 1 is 1.24 bits per heavy atom. The molecule has 6 heteroatoms. The molecule has 1 N–H and O–H groups in total. The Kier molecular flexibility index (Phi) is 5.87. The molecule has 1 aromatic rings. The Hall–Kier alpha value is -1.46. The molecule has 1 aromatic heterocycles. The van der Waals surface area contributed by atoms with E-state index in [1.165, 1.54) is 17.8 Å². The average molecular weight is 304 g/mol. The van der Waals surface area contributed by atoms with Crippen LogP contribution < -0.4 is 5.32 Å². The number of halogens is 3. The van der Waals surface area contributed by atoms with Gasteiger partial charge in [0, 0.05) is 25.5 Å². The van der Waals surface area contributed by atoms with Gasteiger partial charge in [-0.2, -0.15) is 13.2 Å². The molecule has 3 nitrogen and oxygen atoms in total. The van der Waals surface area contributed by atoms with Crippen molar-refractivity contribution in [1.29, 1.82) is 0 Å². The Labute approximate surface area is 123 Å². The molecule has 0 radical (unpaired) electrons. The fourth-order valence-corrected chi connectivity index (χ4v) is 2.20. The molecule has 0 aliphatic heterocycles. The number of nitrogens with one attached hydrogen (secondary N) is 1. The van der Waals surface area contributed by atoms with Crippen molar-refractivity contribution in [2.45, 2.75) is 52.3 Å². The van der Waals surface area contributed by atoms with Crippen LogP contribution in [0.5, 0.6) is 0 Å². The summed E-state index contributed by atoms with van der Waals surface area (Å²) in [5.41, 5.74) is -1.21. The number of carbonyl (C=O) groups is 1. The zero-order chi connectivity index (χ0) is 16.2. The number of hydrogen-bond donors (Lipinski definition) is 1. The van der Waals surface area contributed by atoms with Crippen LogP contribution in [0.3, 0.4) is 0 Å². The molecule has 1 amide bonds. The number of alkyl halides is 3. The highest BCUT2D eigenvalue weighted by molar-refractivity contribution is 5.96. The van der Waals surface area contributed by atoms with Gasteiger partial charge in [-0.25, -0.2) is 0 Å². The number of nitrogens with zero attached hydrogens (tertiary/aromatic N) is 1. The van der Waals surface area contributed by atoms with Crippen molar-refractivity contribution in [3.8, 4) is 0 Å². The highest BCUT2D eigenvalue weighted by atomic mass is 19.4. The molecule has 1 atom stereocenters. The maximum Gasteiger partial charge on any atom is 0.418 e. The van der Waals surface area contributed by atoms with Crippen LogP contribution in [0.15, 0.2) is 12.4 Å². The minimum atomic E-state index is -4.52. The fourth-order valence-electron chi connectivity index (χ4n) is 2.20. The highest BCUT2D eigenvalue weighted by Crippen LogP contribution is 2.32. The van der Waals surface area contributed by atoms with E-state index in [9.17, 15) is 18.0 Å². The summed E-state index contributed by atoms with van der Waals surface area (Å²) >= 11 is 0. The maximum atomic E-state index is 12.9. The lowest BCUT2D eigenvalue weighted by Gasteiger charge is -2.15. The van der Waals surface area contributed by atoms with Crippen LogP contribution in [-0.2, 0) is 13.2 Å². The predicted molar refractivity (Wildman–Crippen MR) is 76.0 cm³/mol. The van der Waals surface area contributed by atoms with Gasteiger partial charge >= 0.3 is 6.18 Å². The summed E-state index contributed by atoms with van der Waals surface area (Å²) in [5, 5.41) is 2.64. The Morgan fingerprint density at radius 2 is 1.86 bits per heavy atom. The van der Waals surface area contributed by atoms with E-state index in [1.54, 1.807) is 0 Å². The van der Waals surface area contributed by atoms with E-state index in [0.29, 0.717) is 5.92 Å². The van der Waals surface area contributed by atoms with Crippen molar-refractivity contribution in [2.24, 2.45) is 13.0 Å². The van der Waals surface area contributed by atoms with Gasteiger partial charge in [0.05, 0.1) is 11.1 Å². The van der Waals surface area contributed by atoms with Gasteiger partial charge in [0.1, 0.15) is 0 Å². The van der Waals surface area contributed by atoms with Gasteiger partial charge in [0.15, 0.2) is 0 Å². The summed E-state index contributed by atoms with van der Waals surface area (Å²) in [6.07, 6.45) is 0.365. The Balaban J connectivity index is 2.68. The molecule has 0 fully saturated rings. The third-order valence-electron chi connectivity index (χ3n) is 3.30. The molecule has 0 saturated heterocycles. The molecular formula is C15H23F3N2O. The monoisotopic (exact) mass is 304 g/mol. The molecule has 1 heterocycles. The van der Waals surface area contributed by atoms with Crippen molar-refractivity contribution < 1.29 is 18.0 Å². The Morgan fingerprint density at radius 3 is 2.38 bits per heavy atom. The molecule has 0 aliphatic carbocycles. The van der Waals surface area contributed by atoms with E-state index in [0.717, 1.165) is 25.5 Å². The topological polar surface area (TPSA) is 34.0 Å². The first kappa shape index (κ1) is 17.6. The second-order valence-electron chi connectivity index (χ2n) is 5.95. The lowest BCUT2D eigenvalue weighted by molar-refractivity contribution is -0.137. The summed E-state index contributed by atoms with van der Waals surface area (Å²) in [4.78, 5) is 12.0. The SMILES string of the molecule is CC(C)CCCC(C)NC(=O)c1cn(C)cc1C(F)(F)F. The van der Waals surface area contributed by atoms with Crippen molar-refractivity contribution in [1.82, 2.24) is 9.88 Å². The van der Waals surface area contributed by atoms with Crippen LogP contribution in [0, 0.1) is 5.92 Å². The Bertz CT molecular complexity index is 478. The summed E-state index contributed by atoms with van der Waals surface area (Å²) in [6.45, 7) is 6.04. The summed E-state index contributed by atoms with van der Waals surface area (Å²) in [7, 11) is 1.47. The van der Waals surface area contributed by atoms with Gasteiger partial charge in [-0.05, 0) is 19.3 Å². The van der Waals surface area contributed by atoms with Gasteiger partial charge in [-0.3, -0.25) is 4.79 Å². The third-order valence-corrected chi connectivity index (χ3v) is 3.30. The molecule has 0 spiro atoms. The standard InChI is InChI=1S/C15H23F3N2O/c1-10(2)6-5-7-11(3)19-14(21)12-8-20(4)9-13(12)15(16,17)18/h8-11H,5-7H2,1-4H3,(H,19,21). The largest absolute Gasteiger partial charge is 0.418 e. The van der Waals surface area contributed by atoms with Crippen molar-refractivity contribution in [3.05, 3.63) is 23.5 Å². The van der Waals surface area contributed by atoms with Gasteiger partial charge < -0.3 is 9.88 Å². The first-order chi connectivity index (χ1) is 9.61. The number of hydrogen-bond acceptors (Lipinski definition) is 1. The number of rotatable bonds is 6. The second-order valence-corrected chi connectivity index (χ2v) is 5.95. The molecule has 0 aromatic carbocycles. The molecule has 0 aliphatic rings. The van der Waals surface area contributed by atoms with Crippen molar-refractivity contribution in [2.75, 3.05) is 0 Å². The summed E-state index contributed by atoms with van der Waals surface area (Å²) < 4.78 is 39.8. The van der Waals surface area contributed by atoms with Crippen LogP contribution in [0.25, 0.3) is 0 Å². The summed E-state index contributed by atoms with van der Waals surface area (Å²) in [5.74, 6) is -0.0844. The van der Waals surface area contributed by atoms with Crippen LogP contribution in [-0.4, -0.2) is 16.5 Å². The number of carbonyl (C=O) groups excluding carboxylic acids is 1. The van der Waals surface area contributed by atoms with E-state index < -0.39 is 17.6 Å². The lowest BCUT2D eigenvalue weighted by atomic mass is 10.0. The van der Waals surface area contributed by atoms with E-state index in [-0.39, 0.29) is 11.6 Å². The smallest absolute Gasteiger partial charge is 0.356 e. The molecule has 1 unspecified atom stereocenters. The van der Waals surface area contributed by atoms with E-state index >= 15 is 0 Å². The predicted octanol–water partition coefficient (Wildman–Crippen LogP) is 3.99. The summed E-state index contributed by atoms with van der Waals surface area (Å²) in [6, 6.07) is -0.141. The zero-order valence-electron chi connectivity index (χ0n) is 12.9. The minimum Gasteiger partial charge on any atom is -0.356 e. The van der Waals surface area contributed by atoms with E-state index in [4.69, 9.17) is 0 Å². The van der Waals surface area contributed by atoms with Crippen LogP contribution in [0.1, 0.15) is 56.0 Å². The highest BCUT2D eigenvalue weighted by Gasteiger charge is 2.36. The second kappa shape index (κ2) is 7.00. The van der Waals surface area contributed by atoms with Crippen LogP contribution in [0.2, 0.25) is 0 Å². The van der Waals surface area contributed by atoms with Crippen LogP contribution >= 0.6 is 0 Å². The fraction of sp³-hybridized carbons (Fsp3) is 0.667. The first-order valence-corrected chi connectivity index (χ1v) is 7.15. The number of amides is 1. The molecule has 120 valence electrons. The molecule has 0 bridgehead atoms. The first-order valence-electron chi connectivity index (χ1n) is 7.15. The number of aryl methyl sites for hydroxylation is 1. The third kappa shape index (κ3) is 5.44. The lowest BCUT2D eigenvalue weighted by Crippen LogP contribution is -2.33. The molecule has 0 saturated carbocycles. The van der Waals surface area contributed by atoms with Gasteiger partial charge in [-0.15, -0.1) is 0 Å². The van der Waals surface area contributed by atoms with Gasteiger partial charge in [0.2, 0.25) is 0 Å². The maximum absolute atomic E-state index is 12.9. The van der Waals surface area contributed by atoms with E-state index in [2.05, 4.69) is 19.2 Å². The van der Waals surface area contributed by atoms with Gasteiger partial charge in [0.25, 0.3) is 5.91 Å². The van der Waals surface area contributed by atoms with E-state index in [1.807, 2.05) is 6.92 Å². The molecular weight excluding hydrogens is 281 g/mol. The molecule has 1 rings (SSSR count). The zero-order valence-corrected chi connectivity index (χ0v) is 12.9. The molecule has 21 heavy (non-hydrogen) atoms. The van der Waals surface area contributed by atoms with Crippen molar-refractivity contribution >= 4 is 5.91 Å². The van der Waals surface area contributed by atoms with Gasteiger partial charge in [-0.1, -0.05) is 26.7 Å².